The summed E-state index contributed by atoms with van der Waals surface area (Å²) in [5.41, 5.74) is 11.9. The Bertz CT molecular complexity index is 1070. The van der Waals surface area contributed by atoms with E-state index >= 15 is 0 Å². The van der Waals surface area contributed by atoms with Crippen molar-refractivity contribution in [2.45, 2.75) is 32.6 Å². The maximum Gasteiger partial charge on any atom is 0.220 e. The molecule has 2 heterocycles. The highest BCUT2D eigenvalue weighted by atomic mass is 19.1. The number of anilines is 1. The fourth-order valence-corrected chi connectivity index (χ4v) is 3.92. The monoisotopic (exact) mass is 391 g/mol. The number of nitrogens with zero attached hydrogens (tertiary/aromatic N) is 4. The molecular formula is C22H22FN5O. The second-order valence-electron chi connectivity index (χ2n) is 7.02. The molecule has 148 valence electrons. The number of halogens is 1. The Labute approximate surface area is 168 Å². The summed E-state index contributed by atoms with van der Waals surface area (Å²) in [6.45, 7) is 4.26. The molecule has 7 heteroatoms. The lowest BCUT2D eigenvalue weighted by Crippen LogP contribution is -2.24. The topological polar surface area (TPSA) is 86.3 Å². The van der Waals surface area contributed by atoms with E-state index in [1.807, 2.05) is 32.0 Å². The van der Waals surface area contributed by atoms with Crippen molar-refractivity contribution in [1.82, 2.24) is 15.0 Å². The summed E-state index contributed by atoms with van der Waals surface area (Å²) in [5, 5.41) is 4.34. The molecule has 0 radical (unpaired) electrons. The van der Waals surface area contributed by atoms with Crippen LogP contribution >= 0.6 is 0 Å². The summed E-state index contributed by atoms with van der Waals surface area (Å²) in [6, 6.07) is 8.66. The zero-order chi connectivity index (χ0) is 20.4. The Kier molecular flexibility index (Phi) is 5.20. The van der Waals surface area contributed by atoms with E-state index in [4.69, 9.17) is 10.6 Å². The number of nitrogen functional groups attached to an aromatic ring is 1. The third-order valence-corrected chi connectivity index (χ3v) is 5.08. The number of pyridine rings is 1. The van der Waals surface area contributed by atoms with E-state index in [-0.39, 0.29) is 17.7 Å². The van der Waals surface area contributed by atoms with Crippen LogP contribution in [0.3, 0.4) is 0 Å². The van der Waals surface area contributed by atoms with Gasteiger partial charge in [0.15, 0.2) is 0 Å². The first-order valence-electron chi connectivity index (χ1n) is 9.58. The molecule has 6 nitrogen and oxygen atoms in total. The minimum atomic E-state index is -0.283. The molecular weight excluding hydrogens is 369 g/mol. The molecule has 0 spiro atoms. The molecule has 3 aromatic rings. The summed E-state index contributed by atoms with van der Waals surface area (Å²) < 4.78 is 14.1. The standard InChI is InChI=1S/C22H22FN5O/c1-3-29-28-20-10-15(9-19-21(20)13(2)26-22(24)27-19)17-7-6-16(23)11-18(17)14-5-4-8-25-12-14/h4-8,11-12,15H,3,9-10H2,1-2H3,(H2,24,26,27)/b28-20+. The van der Waals surface area contributed by atoms with Crippen molar-refractivity contribution in [2.75, 3.05) is 12.3 Å². The van der Waals surface area contributed by atoms with Crippen LogP contribution in [0.5, 0.6) is 0 Å². The maximum absolute atomic E-state index is 14.1. The van der Waals surface area contributed by atoms with Crippen LogP contribution in [0.15, 0.2) is 47.9 Å². The molecule has 0 fully saturated rings. The first kappa shape index (κ1) is 19.0. The molecule has 1 atom stereocenters. The molecule has 1 aliphatic rings. The number of hydrogen-bond acceptors (Lipinski definition) is 6. The van der Waals surface area contributed by atoms with Gasteiger partial charge in [0, 0.05) is 29.9 Å². The number of hydrogen-bond donors (Lipinski definition) is 1. The summed E-state index contributed by atoms with van der Waals surface area (Å²) in [4.78, 5) is 18.3. The van der Waals surface area contributed by atoms with Crippen molar-refractivity contribution in [3.63, 3.8) is 0 Å². The largest absolute Gasteiger partial charge is 0.396 e. The van der Waals surface area contributed by atoms with Crippen molar-refractivity contribution in [3.8, 4) is 11.1 Å². The Morgan fingerprint density at radius 3 is 2.86 bits per heavy atom. The van der Waals surface area contributed by atoms with Gasteiger partial charge in [0.1, 0.15) is 12.4 Å². The number of benzene rings is 1. The van der Waals surface area contributed by atoms with Crippen LogP contribution < -0.4 is 5.73 Å². The van der Waals surface area contributed by atoms with E-state index in [0.29, 0.717) is 19.4 Å². The summed E-state index contributed by atoms with van der Waals surface area (Å²) in [6.07, 6.45) is 4.75. The highest BCUT2D eigenvalue weighted by molar-refractivity contribution is 6.03. The number of nitrogens with two attached hydrogens (primary N) is 1. The van der Waals surface area contributed by atoms with Gasteiger partial charge < -0.3 is 10.6 Å². The zero-order valence-corrected chi connectivity index (χ0v) is 16.4. The van der Waals surface area contributed by atoms with Crippen molar-refractivity contribution < 1.29 is 9.23 Å². The number of oxime groups is 1. The van der Waals surface area contributed by atoms with Crippen molar-refractivity contribution in [3.05, 3.63) is 71.1 Å². The number of aryl methyl sites for hydroxylation is 1. The molecule has 1 unspecified atom stereocenters. The van der Waals surface area contributed by atoms with Crippen molar-refractivity contribution in [1.29, 1.82) is 0 Å². The van der Waals surface area contributed by atoms with Crippen molar-refractivity contribution >= 4 is 11.7 Å². The zero-order valence-electron chi connectivity index (χ0n) is 16.4. The van der Waals surface area contributed by atoms with E-state index in [2.05, 4.69) is 20.1 Å². The van der Waals surface area contributed by atoms with Gasteiger partial charge in [-0.15, -0.1) is 0 Å². The normalized spacial score (nSPS) is 17.2. The average molecular weight is 391 g/mol. The Hall–Kier alpha value is -3.35. The summed E-state index contributed by atoms with van der Waals surface area (Å²) >= 11 is 0. The van der Waals surface area contributed by atoms with Gasteiger partial charge in [0.25, 0.3) is 0 Å². The molecule has 0 saturated carbocycles. The van der Waals surface area contributed by atoms with E-state index in [0.717, 1.165) is 39.4 Å². The van der Waals surface area contributed by atoms with Gasteiger partial charge >= 0.3 is 0 Å². The third-order valence-electron chi connectivity index (χ3n) is 5.08. The van der Waals surface area contributed by atoms with Gasteiger partial charge in [-0.3, -0.25) is 4.98 Å². The van der Waals surface area contributed by atoms with Gasteiger partial charge in [-0.25, -0.2) is 14.4 Å². The average Bonchev–Trinajstić information content (AvgIpc) is 2.72. The molecule has 0 bridgehead atoms. The molecule has 2 N–H and O–H groups in total. The summed E-state index contributed by atoms with van der Waals surface area (Å²) in [5.74, 6) is 0.00453. The predicted molar refractivity (Wildman–Crippen MR) is 110 cm³/mol. The lowest BCUT2D eigenvalue weighted by Gasteiger charge is -2.28. The number of aromatic nitrogens is 3. The second kappa shape index (κ2) is 7.95. The van der Waals surface area contributed by atoms with Crippen LogP contribution in [0.4, 0.5) is 10.3 Å². The minimum absolute atomic E-state index is 0.0474. The van der Waals surface area contributed by atoms with Crippen LogP contribution in [-0.2, 0) is 11.3 Å². The minimum Gasteiger partial charge on any atom is -0.396 e. The fraction of sp³-hybridized carbons (Fsp3) is 0.273. The van der Waals surface area contributed by atoms with E-state index in [1.54, 1.807) is 18.5 Å². The van der Waals surface area contributed by atoms with Crippen LogP contribution in [0, 0.1) is 12.7 Å². The van der Waals surface area contributed by atoms with E-state index in [1.165, 1.54) is 6.07 Å². The molecule has 2 aromatic heterocycles. The molecule has 0 saturated heterocycles. The molecule has 4 rings (SSSR count). The Balaban J connectivity index is 1.83. The molecule has 0 amide bonds. The van der Waals surface area contributed by atoms with Crippen LogP contribution in [0.2, 0.25) is 0 Å². The lowest BCUT2D eigenvalue weighted by molar-refractivity contribution is 0.158. The third kappa shape index (κ3) is 3.81. The van der Waals surface area contributed by atoms with E-state index in [9.17, 15) is 4.39 Å². The lowest BCUT2D eigenvalue weighted by atomic mass is 9.78. The fourth-order valence-electron chi connectivity index (χ4n) is 3.92. The SMILES string of the molecule is CCO/N=C1\CC(c2ccc(F)cc2-c2cccnc2)Cc2nc(N)nc(C)c21. The quantitative estimate of drug-likeness (QED) is 0.679. The van der Waals surface area contributed by atoms with Gasteiger partial charge in [0.05, 0.1) is 17.1 Å². The maximum atomic E-state index is 14.1. The summed E-state index contributed by atoms with van der Waals surface area (Å²) in [7, 11) is 0. The first-order chi connectivity index (χ1) is 14.1. The molecule has 0 aliphatic heterocycles. The van der Waals surface area contributed by atoms with E-state index < -0.39 is 0 Å². The predicted octanol–water partition coefficient (Wildman–Crippen LogP) is 4.04. The highest BCUT2D eigenvalue weighted by Gasteiger charge is 2.30. The Morgan fingerprint density at radius 2 is 2.10 bits per heavy atom. The number of rotatable bonds is 4. The molecule has 1 aliphatic carbocycles. The molecule has 1 aromatic carbocycles. The smallest absolute Gasteiger partial charge is 0.220 e. The number of fused-ring (bicyclic) bond motifs is 1. The Morgan fingerprint density at radius 1 is 1.24 bits per heavy atom. The second-order valence-corrected chi connectivity index (χ2v) is 7.02. The van der Waals surface area contributed by atoms with Crippen LogP contribution in [0.1, 0.15) is 41.8 Å². The first-order valence-corrected chi connectivity index (χ1v) is 9.58. The van der Waals surface area contributed by atoms with Gasteiger partial charge in [-0.2, -0.15) is 0 Å². The molecule has 29 heavy (non-hydrogen) atoms. The van der Waals surface area contributed by atoms with Gasteiger partial charge in [-0.1, -0.05) is 17.3 Å². The van der Waals surface area contributed by atoms with Crippen LogP contribution in [0.25, 0.3) is 11.1 Å². The van der Waals surface area contributed by atoms with Crippen molar-refractivity contribution in [2.24, 2.45) is 5.16 Å². The van der Waals surface area contributed by atoms with Crippen LogP contribution in [-0.4, -0.2) is 27.3 Å². The van der Waals surface area contributed by atoms with Gasteiger partial charge in [-0.05, 0) is 55.5 Å². The van der Waals surface area contributed by atoms with Gasteiger partial charge in [0.2, 0.25) is 5.95 Å². The highest BCUT2D eigenvalue weighted by Crippen LogP contribution is 2.38.